The molecule has 0 fully saturated rings. The first-order valence-electron chi connectivity index (χ1n) is 6.82. The number of aliphatic imine (C=N–C) groups is 1. The third kappa shape index (κ3) is 4.06. The van der Waals surface area contributed by atoms with E-state index in [9.17, 15) is 0 Å². The summed E-state index contributed by atoms with van der Waals surface area (Å²) in [5.74, 6) is 0.897. The summed E-state index contributed by atoms with van der Waals surface area (Å²) in [7, 11) is 0.793. The summed E-state index contributed by atoms with van der Waals surface area (Å²) in [5, 5.41) is 4.15. The number of hydrogen-bond donors (Lipinski definition) is 0. The Kier molecular flexibility index (Phi) is 4.73. The topological polar surface area (TPSA) is 39.4 Å². The molecule has 0 N–H and O–H groups in total. The Hall–Kier alpha value is -1.88. The Labute approximate surface area is 123 Å². The van der Waals surface area contributed by atoms with Crippen molar-refractivity contribution in [2.75, 3.05) is 0 Å². The normalized spacial score (nSPS) is 11.4. The van der Waals surface area contributed by atoms with Gasteiger partial charge in [-0.15, -0.1) is 0 Å². The van der Waals surface area contributed by atoms with E-state index < -0.39 is 9.04 Å². The first kappa shape index (κ1) is 14.5. The van der Waals surface area contributed by atoms with Gasteiger partial charge in [-0.25, -0.2) is 0 Å². The number of aryl methyl sites for hydroxylation is 2. The Morgan fingerprint density at radius 2 is 2.25 bits per heavy atom. The average Bonchev–Trinajstić information content (AvgIpc) is 2.77. The molecule has 1 aromatic carbocycles. The van der Waals surface area contributed by atoms with Crippen molar-refractivity contribution in [3.63, 3.8) is 0 Å². The van der Waals surface area contributed by atoms with Gasteiger partial charge >= 0.3 is 1.43 Å². The molecule has 5 heteroatoms. The summed E-state index contributed by atoms with van der Waals surface area (Å²) in [6.07, 6.45) is 6.55. The van der Waals surface area contributed by atoms with E-state index in [1.165, 1.54) is 5.56 Å². The van der Waals surface area contributed by atoms with Crippen molar-refractivity contribution in [2.45, 2.75) is 26.4 Å². The van der Waals surface area contributed by atoms with Gasteiger partial charge in [0.15, 0.2) is 0 Å². The lowest BCUT2D eigenvalue weighted by Gasteiger charge is -2.12. The van der Waals surface area contributed by atoms with E-state index in [1.54, 1.807) is 4.68 Å². The quantitative estimate of drug-likeness (QED) is 0.626. The molecule has 0 radical (unpaired) electrons. The lowest BCUT2D eigenvalue weighted by atomic mass is 10.2. The zero-order valence-corrected chi connectivity index (χ0v) is 13.7. The van der Waals surface area contributed by atoms with E-state index in [-0.39, 0.29) is 1.43 Å². The second kappa shape index (κ2) is 6.52. The van der Waals surface area contributed by atoms with Crippen LogP contribution in [-0.4, -0.2) is 25.0 Å². The zero-order valence-electron chi connectivity index (χ0n) is 13.5. The van der Waals surface area contributed by atoms with Crippen molar-refractivity contribution in [1.29, 1.82) is 0 Å². The molecule has 0 aliphatic carbocycles. The van der Waals surface area contributed by atoms with Gasteiger partial charge in [0.25, 0.3) is 0 Å². The van der Waals surface area contributed by atoms with Gasteiger partial charge in [0.2, 0.25) is 9.04 Å². The van der Waals surface area contributed by atoms with Crippen molar-refractivity contribution < 1.29 is 5.85 Å². The lowest BCUT2D eigenvalue weighted by Crippen LogP contribution is -2.11. The lowest BCUT2D eigenvalue weighted by molar-refractivity contribution is 0.581. The maximum Gasteiger partial charge on any atom is 1.00 e. The number of hydrogen-bond acceptors (Lipinski definition) is 3. The largest absolute Gasteiger partial charge is 1.00 e. The standard InChI is InChI=1S/C15H21N3OSi/c1-12-5-6-14(15(9-12)19-20(3)4)16-8-7-13-10-17-18(2)11-13/h5-6,8-11,20H,7H2,1-4H3/p+1. The number of aromatic nitrogens is 2. The molecule has 0 saturated carbocycles. The minimum atomic E-state index is -1.12. The fraction of sp³-hybridized carbons (Fsp3) is 0.333. The van der Waals surface area contributed by atoms with Crippen LogP contribution in [0.2, 0.25) is 13.1 Å². The molecule has 0 bridgehead atoms. The third-order valence-electron chi connectivity index (χ3n) is 2.79. The van der Waals surface area contributed by atoms with Gasteiger partial charge in [-0.2, -0.15) is 5.10 Å². The zero-order chi connectivity index (χ0) is 14.5. The monoisotopic (exact) mass is 288 g/mol. The van der Waals surface area contributed by atoms with E-state index in [2.05, 4.69) is 42.2 Å². The number of benzene rings is 1. The van der Waals surface area contributed by atoms with Gasteiger partial charge < -0.3 is 4.43 Å². The molecule has 1 aromatic heterocycles. The highest BCUT2D eigenvalue weighted by Crippen LogP contribution is 2.28. The molecule has 4 nitrogen and oxygen atoms in total. The molecule has 0 spiro atoms. The van der Waals surface area contributed by atoms with Crippen LogP contribution in [0.4, 0.5) is 5.69 Å². The summed E-state index contributed by atoms with van der Waals surface area (Å²) >= 11 is 0. The third-order valence-corrected chi connectivity index (χ3v) is 3.52. The second-order valence-corrected chi connectivity index (χ2v) is 7.51. The van der Waals surface area contributed by atoms with Crippen molar-refractivity contribution >= 4 is 20.9 Å². The van der Waals surface area contributed by atoms with Crippen molar-refractivity contribution in [3.05, 3.63) is 41.7 Å². The summed E-state index contributed by atoms with van der Waals surface area (Å²) in [6, 6.07) is 6.14. The molecule has 1 heterocycles. The van der Waals surface area contributed by atoms with Crippen LogP contribution in [0.25, 0.3) is 0 Å². The first-order valence-corrected chi connectivity index (χ1v) is 9.60. The molecule has 0 unspecified atom stereocenters. The van der Waals surface area contributed by atoms with E-state index in [1.807, 2.05) is 31.7 Å². The Morgan fingerprint density at radius 3 is 2.90 bits per heavy atom. The molecule has 0 aliphatic rings. The molecule has 0 aliphatic heterocycles. The molecular formula is C15H22N3OSi+. The Morgan fingerprint density at radius 1 is 1.45 bits per heavy atom. The molecule has 106 valence electrons. The van der Waals surface area contributed by atoms with Crippen LogP contribution < -0.4 is 4.43 Å². The smallest absolute Gasteiger partial charge is 0.546 e. The van der Waals surface area contributed by atoms with Gasteiger partial charge in [0.1, 0.15) is 11.4 Å². The molecule has 2 rings (SSSR count). The molecule has 0 saturated heterocycles. The van der Waals surface area contributed by atoms with Crippen LogP contribution in [0.15, 0.2) is 35.6 Å². The average molecular weight is 288 g/mol. The maximum absolute atomic E-state index is 5.94. The van der Waals surface area contributed by atoms with Crippen molar-refractivity contribution in [1.82, 2.24) is 9.78 Å². The molecule has 20 heavy (non-hydrogen) atoms. The van der Waals surface area contributed by atoms with E-state index in [0.29, 0.717) is 0 Å². The van der Waals surface area contributed by atoms with Crippen LogP contribution >= 0.6 is 0 Å². The minimum absolute atomic E-state index is 0. The first-order chi connectivity index (χ1) is 9.54. The Bertz CT molecular complexity index is 611. The van der Waals surface area contributed by atoms with Crippen LogP contribution in [0, 0.1) is 6.92 Å². The fourth-order valence-electron chi connectivity index (χ4n) is 1.90. The van der Waals surface area contributed by atoms with Gasteiger partial charge in [0, 0.05) is 25.9 Å². The number of nitrogens with zero attached hydrogens (tertiary/aromatic N) is 3. The fourth-order valence-corrected chi connectivity index (χ4v) is 2.60. The van der Waals surface area contributed by atoms with Gasteiger partial charge in [-0.1, -0.05) is 6.07 Å². The highest BCUT2D eigenvalue weighted by atomic mass is 28.3. The number of rotatable bonds is 5. The van der Waals surface area contributed by atoms with E-state index >= 15 is 0 Å². The SMILES string of the molecule is Cc1ccc(N=CCc2cnn(C)c2)c(O[SiH](C)C)c1.[H+]. The Balaban J connectivity index is 0.00000220. The summed E-state index contributed by atoms with van der Waals surface area (Å²) in [5.41, 5.74) is 3.26. The molecule has 2 aromatic rings. The highest BCUT2D eigenvalue weighted by Gasteiger charge is 2.05. The van der Waals surface area contributed by atoms with Crippen molar-refractivity contribution in [3.8, 4) is 5.75 Å². The van der Waals surface area contributed by atoms with Crippen LogP contribution in [-0.2, 0) is 13.5 Å². The predicted octanol–water partition coefficient (Wildman–Crippen LogP) is 3.15. The van der Waals surface area contributed by atoms with Crippen LogP contribution in [0.5, 0.6) is 5.75 Å². The molecular weight excluding hydrogens is 266 g/mol. The second-order valence-electron chi connectivity index (χ2n) is 5.18. The van der Waals surface area contributed by atoms with Gasteiger partial charge in [-0.3, -0.25) is 9.67 Å². The maximum atomic E-state index is 5.94. The summed E-state index contributed by atoms with van der Waals surface area (Å²) in [6.45, 7) is 6.38. The van der Waals surface area contributed by atoms with Crippen LogP contribution in [0.1, 0.15) is 12.6 Å². The van der Waals surface area contributed by atoms with E-state index in [4.69, 9.17) is 4.43 Å². The van der Waals surface area contributed by atoms with Crippen molar-refractivity contribution in [2.24, 2.45) is 12.0 Å². The van der Waals surface area contributed by atoms with Gasteiger partial charge in [0.05, 0.1) is 6.20 Å². The summed E-state index contributed by atoms with van der Waals surface area (Å²) < 4.78 is 7.74. The molecule has 0 amide bonds. The van der Waals surface area contributed by atoms with Gasteiger partial charge in [-0.05, 0) is 43.3 Å². The van der Waals surface area contributed by atoms with E-state index in [0.717, 1.165) is 23.4 Å². The predicted molar refractivity (Wildman–Crippen MR) is 86.9 cm³/mol. The highest BCUT2D eigenvalue weighted by molar-refractivity contribution is 6.49. The van der Waals surface area contributed by atoms with Crippen LogP contribution in [0.3, 0.4) is 0 Å². The minimum Gasteiger partial charge on any atom is -0.546 e. The summed E-state index contributed by atoms with van der Waals surface area (Å²) in [4.78, 5) is 4.54. The molecule has 0 atom stereocenters.